The number of aromatic nitrogens is 1. The van der Waals surface area contributed by atoms with E-state index < -0.39 is 18.2 Å². The number of aryl methyl sites for hydroxylation is 2. The molecule has 3 atom stereocenters. The highest BCUT2D eigenvalue weighted by molar-refractivity contribution is 6.02. The molecular formula is C30H38N6O7. The molecule has 0 aliphatic carbocycles. The van der Waals surface area contributed by atoms with E-state index in [0.717, 1.165) is 0 Å². The normalized spacial score (nSPS) is 17.1. The Morgan fingerprint density at radius 1 is 1.14 bits per heavy atom. The van der Waals surface area contributed by atoms with Crippen LogP contribution in [0.1, 0.15) is 35.7 Å². The Balaban J connectivity index is 1.54. The van der Waals surface area contributed by atoms with Gasteiger partial charge < -0.3 is 44.9 Å². The summed E-state index contributed by atoms with van der Waals surface area (Å²) >= 11 is 0. The van der Waals surface area contributed by atoms with Gasteiger partial charge in [-0.2, -0.15) is 0 Å². The predicted octanol–water partition coefficient (Wildman–Crippen LogP) is 4.33. The number of amides is 5. The molecule has 1 aliphatic rings. The summed E-state index contributed by atoms with van der Waals surface area (Å²) in [7, 11) is 3.21. The van der Waals surface area contributed by atoms with E-state index in [0.29, 0.717) is 40.0 Å². The molecule has 5 amide bonds. The number of benzene rings is 2. The minimum absolute atomic E-state index is 0.200. The number of fused-ring (bicyclic) bond motifs is 1. The van der Waals surface area contributed by atoms with Crippen molar-refractivity contribution >= 4 is 35.0 Å². The van der Waals surface area contributed by atoms with Gasteiger partial charge in [0.2, 0.25) is 0 Å². The number of carbonyl (C=O) groups is 3. The number of carbonyl (C=O) groups excluding carboxylic acids is 3. The van der Waals surface area contributed by atoms with Crippen molar-refractivity contribution in [1.29, 1.82) is 0 Å². The standard InChI is InChI=1S/C30H38N6O7/c1-17-14-36(18(2)16-37)28(38)24-13-22(32-29(39)31-21-7-10-23(41-6)11-8-21)9-12-25(24)42-26(17)15-35(5)30(40)33-27-19(3)34-43-20(27)4/h7-13,17-18,26,37H,14-16H2,1-6H3,(H,33,40)(H2,31,32,39)/t17-,18-,26-/m1/s1. The summed E-state index contributed by atoms with van der Waals surface area (Å²) in [5.41, 5.74) is 2.24. The van der Waals surface area contributed by atoms with Crippen molar-refractivity contribution in [2.45, 2.75) is 39.8 Å². The third-order valence-electron chi connectivity index (χ3n) is 7.34. The lowest BCUT2D eigenvalue weighted by atomic mass is 9.99. The number of rotatable bonds is 8. The summed E-state index contributed by atoms with van der Waals surface area (Å²) in [5, 5.41) is 22.1. The van der Waals surface area contributed by atoms with Crippen LogP contribution in [0.2, 0.25) is 0 Å². The summed E-state index contributed by atoms with van der Waals surface area (Å²) in [5.74, 6) is 0.919. The zero-order valence-electron chi connectivity index (χ0n) is 25.1. The molecule has 1 aromatic heterocycles. The fourth-order valence-corrected chi connectivity index (χ4v) is 4.70. The van der Waals surface area contributed by atoms with Gasteiger partial charge in [-0.1, -0.05) is 12.1 Å². The van der Waals surface area contributed by atoms with E-state index in [1.165, 1.54) is 4.90 Å². The Labute approximate surface area is 250 Å². The molecule has 4 N–H and O–H groups in total. The van der Waals surface area contributed by atoms with Gasteiger partial charge in [0.15, 0.2) is 5.76 Å². The quantitative estimate of drug-likeness (QED) is 0.300. The number of nitrogens with one attached hydrogen (secondary N) is 3. The molecule has 13 nitrogen and oxygen atoms in total. The number of hydrogen-bond donors (Lipinski definition) is 4. The lowest BCUT2D eigenvalue weighted by Crippen LogP contribution is -2.50. The van der Waals surface area contributed by atoms with Gasteiger partial charge in [0.05, 0.1) is 31.9 Å². The van der Waals surface area contributed by atoms with Crippen molar-refractivity contribution in [3.05, 3.63) is 59.5 Å². The van der Waals surface area contributed by atoms with Crippen LogP contribution in [0.3, 0.4) is 0 Å². The molecule has 4 rings (SSSR count). The van der Waals surface area contributed by atoms with Crippen molar-refractivity contribution in [3.63, 3.8) is 0 Å². The van der Waals surface area contributed by atoms with Crippen molar-refractivity contribution < 1.29 is 33.5 Å². The van der Waals surface area contributed by atoms with Crippen molar-refractivity contribution in [3.8, 4) is 11.5 Å². The summed E-state index contributed by atoms with van der Waals surface area (Å²) in [6, 6.07) is 10.3. The van der Waals surface area contributed by atoms with Gasteiger partial charge >= 0.3 is 12.1 Å². The maximum Gasteiger partial charge on any atom is 0.323 e. The molecule has 0 radical (unpaired) electrons. The molecule has 13 heteroatoms. The second-order valence-electron chi connectivity index (χ2n) is 10.7. The molecule has 2 aromatic carbocycles. The van der Waals surface area contributed by atoms with Crippen molar-refractivity contribution in [2.24, 2.45) is 5.92 Å². The predicted molar refractivity (Wildman–Crippen MR) is 161 cm³/mol. The van der Waals surface area contributed by atoms with E-state index in [-0.39, 0.29) is 43.1 Å². The molecule has 43 heavy (non-hydrogen) atoms. The molecule has 0 unspecified atom stereocenters. The van der Waals surface area contributed by atoms with Crippen LogP contribution in [0.4, 0.5) is 26.7 Å². The number of anilines is 3. The van der Waals surface area contributed by atoms with Crippen LogP contribution in [-0.4, -0.2) is 84.0 Å². The first kappa shape index (κ1) is 31.2. The van der Waals surface area contributed by atoms with E-state index in [1.807, 2.05) is 6.92 Å². The molecule has 230 valence electrons. The van der Waals surface area contributed by atoms with Gasteiger partial charge in [-0.25, -0.2) is 9.59 Å². The fourth-order valence-electron chi connectivity index (χ4n) is 4.70. The van der Waals surface area contributed by atoms with E-state index in [2.05, 4.69) is 21.1 Å². The molecule has 0 saturated carbocycles. The summed E-state index contributed by atoms with van der Waals surface area (Å²) in [4.78, 5) is 42.5. The Bertz CT molecular complexity index is 1440. The van der Waals surface area contributed by atoms with Crippen LogP contribution < -0.4 is 25.4 Å². The number of hydrogen-bond acceptors (Lipinski definition) is 8. The van der Waals surface area contributed by atoms with E-state index in [9.17, 15) is 19.5 Å². The van der Waals surface area contributed by atoms with E-state index in [4.69, 9.17) is 14.0 Å². The average Bonchev–Trinajstić information content (AvgIpc) is 3.31. The topological polar surface area (TPSA) is 158 Å². The van der Waals surface area contributed by atoms with Gasteiger partial charge in [0, 0.05) is 30.9 Å². The first-order valence-corrected chi connectivity index (χ1v) is 13.9. The minimum Gasteiger partial charge on any atom is -0.497 e. The van der Waals surface area contributed by atoms with Crippen LogP contribution in [0.25, 0.3) is 0 Å². The molecule has 0 saturated heterocycles. The van der Waals surface area contributed by atoms with Crippen LogP contribution in [0, 0.1) is 19.8 Å². The third kappa shape index (κ3) is 7.36. The first-order valence-electron chi connectivity index (χ1n) is 13.9. The Morgan fingerprint density at radius 2 is 1.81 bits per heavy atom. The van der Waals surface area contributed by atoms with Gasteiger partial charge in [0.1, 0.15) is 29.0 Å². The highest BCUT2D eigenvalue weighted by atomic mass is 16.5. The molecular weight excluding hydrogens is 556 g/mol. The van der Waals surface area contributed by atoms with Gasteiger partial charge in [-0.3, -0.25) is 4.79 Å². The van der Waals surface area contributed by atoms with Crippen molar-refractivity contribution in [2.75, 3.05) is 49.8 Å². The number of ether oxygens (including phenoxy) is 2. The number of aliphatic hydroxyl groups excluding tert-OH is 1. The van der Waals surface area contributed by atoms with Crippen molar-refractivity contribution in [1.82, 2.24) is 15.0 Å². The lowest BCUT2D eigenvalue weighted by molar-refractivity contribution is 0.0371. The molecule has 0 bridgehead atoms. The average molecular weight is 595 g/mol. The highest BCUT2D eigenvalue weighted by Gasteiger charge is 2.34. The second kappa shape index (κ2) is 13.5. The number of likely N-dealkylation sites (N-methyl/N-ethyl adjacent to an activating group) is 1. The minimum atomic E-state index is -0.502. The maximum atomic E-state index is 13.7. The molecule has 3 aromatic rings. The number of aliphatic hydroxyl groups is 1. The maximum absolute atomic E-state index is 13.7. The first-order chi connectivity index (χ1) is 20.5. The Kier molecular flexibility index (Phi) is 9.76. The Morgan fingerprint density at radius 3 is 2.44 bits per heavy atom. The largest absolute Gasteiger partial charge is 0.497 e. The number of nitrogens with zero attached hydrogens (tertiary/aromatic N) is 3. The summed E-state index contributed by atoms with van der Waals surface area (Å²) in [6.45, 7) is 7.39. The molecule has 2 heterocycles. The second-order valence-corrected chi connectivity index (χ2v) is 10.7. The zero-order valence-corrected chi connectivity index (χ0v) is 25.1. The monoisotopic (exact) mass is 594 g/mol. The van der Waals surface area contributed by atoms with Gasteiger partial charge in [0.25, 0.3) is 5.91 Å². The van der Waals surface area contributed by atoms with Crippen LogP contribution in [0.5, 0.6) is 11.5 Å². The smallest absolute Gasteiger partial charge is 0.323 e. The van der Waals surface area contributed by atoms with E-state index >= 15 is 0 Å². The molecule has 0 spiro atoms. The lowest BCUT2D eigenvalue weighted by Gasteiger charge is -2.38. The zero-order chi connectivity index (χ0) is 31.3. The molecule has 0 fully saturated rings. The third-order valence-corrected chi connectivity index (χ3v) is 7.34. The van der Waals surface area contributed by atoms with Crippen LogP contribution in [-0.2, 0) is 0 Å². The highest BCUT2D eigenvalue weighted by Crippen LogP contribution is 2.31. The Hall–Kier alpha value is -4.78. The van der Waals surface area contributed by atoms with E-state index in [1.54, 1.807) is 82.3 Å². The van der Waals surface area contributed by atoms with Crippen LogP contribution in [0.15, 0.2) is 47.0 Å². The summed E-state index contributed by atoms with van der Waals surface area (Å²) < 4.78 is 16.6. The molecule has 1 aliphatic heterocycles. The summed E-state index contributed by atoms with van der Waals surface area (Å²) in [6.07, 6.45) is -0.502. The SMILES string of the molecule is COc1ccc(NC(=O)Nc2ccc3c(c2)C(=O)N([C@H](C)CO)C[C@@H](C)[C@@H](CN(C)C(=O)Nc2c(C)noc2C)O3)cc1. The van der Waals surface area contributed by atoms with Gasteiger partial charge in [-0.05, 0) is 63.2 Å². The fraction of sp³-hybridized carbons (Fsp3) is 0.400. The number of urea groups is 2. The number of methoxy groups -OCH3 is 1. The van der Waals surface area contributed by atoms with Gasteiger partial charge in [-0.15, -0.1) is 0 Å². The van der Waals surface area contributed by atoms with Crippen LogP contribution >= 0.6 is 0 Å².